The molecule has 2 aromatic carbocycles. The number of methoxy groups -OCH3 is 1. The summed E-state index contributed by atoms with van der Waals surface area (Å²) in [6, 6.07) is 14.5. The highest BCUT2D eigenvalue weighted by molar-refractivity contribution is 5.95. The molecule has 0 bridgehead atoms. The molecule has 3 aromatic rings. The van der Waals surface area contributed by atoms with Crippen LogP contribution in [0.2, 0.25) is 0 Å². The molecular weight excluding hydrogens is 356 g/mol. The number of nitrogens with zero attached hydrogens (tertiary/aromatic N) is 2. The lowest BCUT2D eigenvalue weighted by atomic mass is 10.1. The van der Waals surface area contributed by atoms with Crippen LogP contribution in [-0.4, -0.2) is 28.8 Å². The van der Waals surface area contributed by atoms with Crippen LogP contribution in [0.3, 0.4) is 0 Å². The zero-order valence-electron chi connectivity index (χ0n) is 15.6. The molecule has 1 heterocycles. The summed E-state index contributed by atoms with van der Waals surface area (Å²) in [5.41, 5.74) is 2.51. The molecule has 1 amide bonds. The fraction of sp³-hybridized carbons (Fsp3) is 0.143. The molecule has 28 heavy (non-hydrogen) atoms. The number of amides is 1. The number of ether oxygens (including phenoxy) is 1. The van der Waals surface area contributed by atoms with Crippen LogP contribution in [0, 0.1) is 0 Å². The maximum Gasteiger partial charge on any atom is 0.254 e. The highest BCUT2D eigenvalue weighted by Gasteiger charge is 2.09. The van der Waals surface area contributed by atoms with Crippen molar-refractivity contribution in [3.05, 3.63) is 77.6 Å². The van der Waals surface area contributed by atoms with Crippen molar-refractivity contribution in [2.24, 2.45) is 0 Å². The van der Waals surface area contributed by atoms with Crippen LogP contribution in [0.5, 0.6) is 5.75 Å². The molecule has 0 atom stereocenters. The van der Waals surface area contributed by atoms with Crippen molar-refractivity contribution in [2.75, 3.05) is 12.4 Å². The Hall–Kier alpha value is -3.74. The van der Waals surface area contributed by atoms with Crippen LogP contribution < -0.4 is 15.4 Å². The van der Waals surface area contributed by atoms with E-state index in [9.17, 15) is 9.59 Å². The third-order valence-corrected chi connectivity index (χ3v) is 4.07. The average Bonchev–Trinajstić information content (AvgIpc) is 2.73. The molecule has 0 aliphatic heterocycles. The number of anilines is 2. The largest absolute Gasteiger partial charge is 0.496 e. The van der Waals surface area contributed by atoms with Crippen molar-refractivity contribution in [3.63, 3.8) is 0 Å². The second-order valence-electron chi connectivity index (χ2n) is 6.05. The molecule has 7 nitrogen and oxygen atoms in total. The van der Waals surface area contributed by atoms with E-state index in [0.717, 1.165) is 5.56 Å². The Bertz CT molecular complexity index is 987. The molecule has 0 saturated carbocycles. The molecule has 0 aliphatic rings. The lowest BCUT2D eigenvalue weighted by molar-refractivity contribution is 0.0949. The maximum absolute atomic E-state index is 12.3. The number of Topliss-reactive ketones (excluding diaryl/α,β-unsaturated/α-hetero) is 1. The zero-order valence-corrected chi connectivity index (χ0v) is 15.6. The van der Waals surface area contributed by atoms with E-state index in [2.05, 4.69) is 20.6 Å². The van der Waals surface area contributed by atoms with E-state index in [-0.39, 0.29) is 11.7 Å². The van der Waals surface area contributed by atoms with E-state index in [0.29, 0.717) is 35.1 Å². The molecule has 142 valence electrons. The Morgan fingerprint density at radius 1 is 1.00 bits per heavy atom. The van der Waals surface area contributed by atoms with Gasteiger partial charge in [0.05, 0.1) is 12.7 Å². The van der Waals surface area contributed by atoms with Gasteiger partial charge in [0.25, 0.3) is 5.91 Å². The Kier molecular flexibility index (Phi) is 5.96. The number of para-hydroxylation sites is 1. The SMILES string of the molecule is COc1ccccc1CNC(=O)c1cnc(Nc2cccc(C(C)=O)c2)nc1. The zero-order chi connectivity index (χ0) is 19.9. The van der Waals surface area contributed by atoms with Crippen molar-refractivity contribution in [3.8, 4) is 5.75 Å². The van der Waals surface area contributed by atoms with Crippen molar-refractivity contribution in [1.82, 2.24) is 15.3 Å². The topological polar surface area (TPSA) is 93.2 Å². The number of carbonyl (C=O) groups is 2. The lowest BCUT2D eigenvalue weighted by Gasteiger charge is -2.10. The highest BCUT2D eigenvalue weighted by Crippen LogP contribution is 2.17. The predicted molar refractivity (Wildman–Crippen MR) is 106 cm³/mol. The van der Waals surface area contributed by atoms with E-state index in [4.69, 9.17) is 4.74 Å². The highest BCUT2D eigenvalue weighted by atomic mass is 16.5. The summed E-state index contributed by atoms with van der Waals surface area (Å²) in [5.74, 6) is 0.746. The Morgan fingerprint density at radius 2 is 1.75 bits per heavy atom. The number of hydrogen-bond acceptors (Lipinski definition) is 6. The van der Waals surface area contributed by atoms with Crippen molar-refractivity contribution < 1.29 is 14.3 Å². The summed E-state index contributed by atoms with van der Waals surface area (Å²) in [4.78, 5) is 32.1. The van der Waals surface area contributed by atoms with Gasteiger partial charge in [0, 0.05) is 35.8 Å². The first-order chi connectivity index (χ1) is 13.6. The molecule has 2 N–H and O–H groups in total. The van der Waals surface area contributed by atoms with Crippen LogP contribution in [0.15, 0.2) is 60.9 Å². The van der Waals surface area contributed by atoms with Crippen molar-refractivity contribution in [2.45, 2.75) is 13.5 Å². The summed E-state index contributed by atoms with van der Waals surface area (Å²) in [5, 5.41) is 5.84. The van der Waals surface area contributed by atoms with Gasteiger partial charge in [-0.05, 0) is 25.1 Å². The van der Waals surface area contributed by atoms with Crippen LogP contribution >= 0.6 is 0 Å². The number of ketones is 1. The molecule has 0 spiro atoms. The minimum atomic E-state index is -0.281. The third kappa shape index (κ3) is 4.70. The predicted octanol–water partition coefficient (Wildman–Crippen LogP) is 3.36. The molecule has 0 fully saturated rings. The van der Waals surface area contributed by atoms with Gasteiger partial charge in [0.2, 0.25) is 5.95 Å². The van der Waals surface area contributed by atoms with E-state index in [1.165, 1.54) is 19.3 Å². The van der Waals surface area contributed by atoms with Gasteiger partial charge in [-0.25, -0.2) is 9.97 Å². The first-order valence-electron chi connectivity index (χ1n) is 8.67. The molecule has 1 aromatic heterocycles. The minimum Gasteiger partial charge on any atom is -0.496 e. The quantitative estimate of drug-likeness (QED) is 0.614. The molecule has 0 saturated heterocycles. The number of hydrogen-bond donors (Lipinski definition) is 2. The Balaban J connectivity index is 1.63. The monoisotopic (exact) mass is 376 g/mol. The average molecular weight is 376 g/mol. The first-order valence-corrected chi connectivity index (χ1v) is 8.67. The van der Waals surface area contributed by atoms with E-state index in [1.807, 2.05) is 30.3 Å². The van der Waals surface area contributed by atoms with E-state index < -0.39 is 0 Å². The molecule has 3 rings (SSSR count). The van der Waals surface area contributed by atoms with Crippen molar-refractivity contribution >= 4 is 23.3 Å². The molecular formula is C21H20N4O3. The number of aromatic nitrogens is 2. The molecule has 0 unspecified atom stereocenters. The fourth-order valence-corrected chi connectivity index (χ4v) is 2.58. The summed E-state index contributed by atoms with van der Waals surface area (Å²) in [7, 11) is 1.59. The maximum atomic E-state index is 12.3. The van der Waals surface area contributed by atoms with Gasteiger partial charge in [0.15, 0.2) is 5.78 Å². The summed E-state index contributed by atoms with van der Waals surface area (Å²) in [6.07, 6.45) is 2.89. The lowest BCUT2D eigenvalue weighted by Crippen LogP contribution is -2.23. The van der Waals surface area contributed by atoms with Crippen LogP contribution in [0.25, 0.3) is 0 Å². The summed E-state index contributed by atoms with van der Waals surface area (Å²) < 4.78 is 5.27. The van der Waals surface area contributed by atoms with Crippen LogP contribution in [0.1, 0.15) is 33.2 Å². The van der Waals surface area contributed by atoms with Gasteiger partial charge in [-0.1, -0.05) is 30.3 Å². The fourth-order valence-electron chi connectivity index (χ4n) is 2.58. The van der Waals surface area contributed by atoms with Gasteiger partial charge in [-0.15, -0.1) is 0 Å². The van der Waals surface area contributed by atoms with Gasteiger partial charge in [-0.3, -0.25) is 9.59 Å². The first kappa shape index (κ1) is 19.0. The van der Waals surface area contributed by atoms with Crippen LogP contribution in [-0.2, 0) is 6.54 Å². The molecule has 0 radical (unpaired) electrons. The molecule has 7 heteroatoms. The van der Waals surface area contributed by atoms with Gasteiger partial charge in [0.1, 0.15) is 5.75 Å². The second kappa shape index (κ2) is 8.77. The van der Waals surface area contributed by atoms with E-state index in [1.54, 1.807) is 25.3 Å². The van der Waals surface area contributed by atoms with Gasteiger partial charge >= 0.3 is 0 Å². The summed E-state index contributed by atoms with van der Waals surface area (Å²) >= 11 is 0. The summed E-state index contributed by atoms with van der Waals surface area (Å²) in [6.45, 7) is 1.84. The van der Waals surface area contributed by atoms with Crippen LogP contribution in [0.4, 0.5) is 11.6 Å². The number of carbonyl (C=O) groups excluding carboxylic acids is 2. The van der Waals surface area contributed by atoms with E-state index >= 15 is 0 Å². The van der Waals surface area contributed by atoms with Gasteiger partial charge in [-0.2, -0.15) is 0 Å². The minimum absolute atomic E-state index is 0.0216. The smallest absolute Gasteiger partial charge is 0.254 e. The van der Waals surface area contributed by atoms with Gasteiger partial charge < -0.3 is 15.4 Å². The Morgan fingerprint density at radius 3 is 2.46 bits per heavy atom. The van der Waals surface area contributed by atoms with Crippen molar-refractivity contribution in [1.29, 1.82) is 0 Å². The third-order valence-electron chi connectivity index (χ3n) is 4.07. The standard InChI is InChI=1S/C21H20N4O3/c1-14(26)15-7-5-8-18(10-15)25-21-23-12-17(13-24-21)20(27)22-11-16-6-3-4-9-19(16)28-2/h3-10,12-13H,11H2,1-2H3,(H,22,27)(H,23,24,25). The number of nitrogens with one attached hydrogen (secondary N) is 2. The normalized spacial score (nSPS) is 10.2. The molecule has 0 aliphatic carbocycles. The number of rotatable bonds is 7. The Labute approximate surface area is 162 Å². The second-order valence-corrected chi connectivity index (χ2v) is 6.05. The number of benzene rings is 2.